The highest BCUT2D eigenvalue weighted by molar-refractivity contribution is 4.94. The fourth-order valence-electron chi connectivity index (χ4n) is 3.14. The summed E-state index contributed by atoms with van der Waals surface area (Å²) >= 11 is 0. The summed E-state index contributed by atoms with van der Waals surface area (Å²) in [7, 11) is 0. The van der Waals surface area contributed by atoms with Gasteiger partial charge < -0.3 is 10.1 Å². The highest BCUT2D eigenvalue weighted by atomic mass is 16.5. The summed E-state index contributed by atoms with van der Waals surface area (Å²) in [5.41, 5.74) is 0.0575. The molecule has 1 heterocycles. The van der Waals surface area contributed by atoms with E-state index in [1.54, 1.807) is 0 Å². The van der Waals surface area contributed by atoms with Crippen molar-refractivity contribution in [2.24, 2.45) is 5.92 Å². The van der Waals surface area contributed by atoms with E-state index in [0.29, 0.717) is 12.0 Å². The molecule has 3 atom stereocenters. The van der Waals surface area contributed by atoms with Gasteiger partial charge in [-0.3, -0.25) is 0 Å². The minimum absolute atomic E-state index is 0.0575. The molecule has 2 heteroatoms. The van der Waals surface area contributed by atoms with Gasteiger partial charge in [-0.1, -0.05) is 27.2 Å². The Balaban J connectivity index is 2.65. The second kappa shape index (κ2) is 7.38. The van der Waals surface area contributed by atoms with Gasteiger partial charge in [-0.05, 0) is 51.5 Å². The van der Waals surface area contributed by atoms with Gasteiger partial charge in [-0.25, -0.2) is 0 Å². The molecule has 1 aliphatic heterocycles. The van der Waals surface area contributed by atoms with Crippen molar-refractivity contribution in [3.63, 3.8) is 0 Å². The SMILES string of the molecule is CCCNC(C(C)CCC)C1(C)CCCCO1. The zero-order chi connectivity index (χ0) is 12.7. The topological polar surface area (TPSA) is 21.3 Å². The monoisotopic (exact) mass is 241 g/mol. The lowest BCUT2D eigenvalue weighted by molar-refractivity contribution is -0.0995. The van der Waals surface area contributed by atoms with E-state index in [9.17, 15) is 0 Å². The van der Waals surface area contributed by atoms with Crippen LogP contribution in [0.4, 0.5) is 0 Å². The first-order chi connectivity index (χ1) is 8.14. The van der Waals surface area contributed by atoms with Crippen molar-refractivity contribution < 1.29 is 4.74 Å². The molecule has 0 amide bonds. The fourth-order valence-corrected chi connectivity index (χ4v) is 3.14. The zero-order valence-electron chi connectivity index (χ0n) is 12.2. The summed E-state index contributed by atoms with van der Waals surface area (Å²) in [6.45, 7) is 11.2. The Kier molecular flexibility index (Phi) is 6.50. The van der Waals surface area contributed by atoms with E-state index in [0.717, 1.165) is 13.2 Å². The molecule has 102 valence electrons. The van der Waals surface area contributed by atoms with Crippen molar-refractivity contribution in [3.05, 3.63) is 0 Å². The summed E-state index contributed by atoms with van der Waals surface area (Å²) in [6.07, 6.45) is 7.52. The molecule has 0 spiro atoms. The van der Waals surface area contributed by atoms with Gasteiger partial charge >= 0.3 is 0 Å². The van der Waals surface area contributed by atoms with Crippen LogP contribution >= 0.6 is 0 Å². The lowest BCUT2D eigenvalue weighted by Crippen LogP contribution is -2.55. The summed E-state index contributed by atoms with van der Waals surface area (Å²) < 4.78 is 6.13. The van der Waals surface area contributed by atoms with Gasteiger partial charge in [0.25, 0.3) is 0 Å². The Bertz CT molecular complexity index is 199. The molecule has 1 rings (SSSR count). The Labute approximate surface area is 108 Å². The van der Waals surface area contributed by atoms with E-state index in [4.69, 9.17) is 4.74 Å². The second-order valence-corrected chi connectivity index (χ2v) is 5.82. The Morgan fingerprint density at radius 1 is 1.24 bits per heavy atom. The average molecular weight is 241 g/mol. The number of rotatable bonds is 7. The van der Waals surface area contributed by atoms with Crippen molar-refractivity contribution in [2.45, 2.75) is 77.9 Å². The Morgan fingerprint density at radius 3 is 2.53 bits per heavy atom. The number of hydrogen-bond acceptors (Lipinski definition) is 2. The molecule has 3 unspecified atom stereocenters. The first-order valence-electron chi connectivity index (χ1n) is 7.51. The standard InChI is InChI=1S/C15H31NO/c1-5-9-13(3)14(16-11-6-2)15(4)10-7-8-12-17-15/h13-14,16H,5-12H2,1-4H3. The van der Waals surface area contributed by atoms with Crippen LogP contribution in [-0.4, -0.2) is 24.8 Å². The van der Waals surface area contributed by atoms with Crippen LogP contribution in [0.1, 0.15) is 66.2 Å². The van der Waals surface area contributed by atoms with Gasteiger partial charge in [0.15, 0.2) is 0 Å². The number of ether oxygens (including phenoxy) is 1. The summed E-state index contributed by atoms with van der Waals surface area (Å²) in [4.78, 5) is 0. The third kappa shape index (κ3) is 4.26. The maximum Gasteiger partial charge on any atom is 0.0809 e. The Hall–Kier alpha value is -0.0800. The van der Waals surface area contributed by atoms with Gasteiger partial charge in [0.1, 0.15) is 0 Å². The van der Waals surface area contributed by atoms with E-state index >= 15 is 0 Å². The predicted molar refractivity (Wildman–Crippen MR) is 74.4 cm³/mol. The van der Waals surface area contributed by atoms with Crippen LogP contribution in [0.5, 0.6) is 0 Å². The minimum atomic E-state index is 0.0575. The van der Waals surface area contributed by atoms with Gasteiger partial charge in [0, 0.05) is 12.6 Å². The molecule has 1 saturated heterocycles. The molecule has 17 heavy (non-hydrogen) atoms. The van der Waals surface area contributed by atoms with E-state index in [-0.39, 0.29) is 5.60 Å². The summed E-state index contributed by atoms with van der Waals surface area (Å²) in [5.74, 6) is 0.703. The van der Waals surface area contributed by atoms with Crippen molar-refractivity contribution in [1.82, 2.24) is 5.32 Å². The molecule has 0 aromatic rings. The highest BCUT2D eigenvalue weighted by Gasteiger charge is 2.38. The van der Waals surface area contributed by atoms with Gasteiger partial charge in [-0.15, -0.1) is 0 Å². The largest absolute Gasteiger partial charge is 0.374 e. The maximum absolute atomic E-state index is 6.13. The van der Waals surface area contributed by atoms with Crippen LogP contribution in [0.3, 0.4) is 0 Å². The second-order valence-electron chi connectivity index (χ2n) is 5.82. The molecule has 0 aliphatic carbocycles. The van der Waals surface area contributed by atoms with Gasteiger partial charge in [-0.2, -0.15) is 0 Å². The van der Waals surface area contributed by atoms with Crippen LogP contribution < -0.4 is 5.32 Å². The molecule has 1 fully saturated rings. The lowest BCUT2D eigenvalue weighted by atomic mass is 9.80. The molecule has 0 saturated carbocycles. The smallest absolute Gasteiger partial charge is 0.0809 e. The summed E-state index contributed by atoms with van der Waals surface area (Å²) in [6, 6.07) is 0.516. The van der Waals surface area contributed by atoms with Crippen LogP contribution in [0.2, 0.25) is 0 Å². The van der Waals surface area contributed by atoms with E-state index in [1.165, 1.54) is 38.5 Å². The van der Waals surface area contributed by atoms with E-state index in [2.05, 4.69) is 33.0 Å². The molecular weight excluding hydrogens is 210 g/mol. The van der Waals surface area contributed by atoms with Gasteiger partial charge in [0.2, 0.25) is 0 Å². The fraction of sp³-hybridized carbons (Fsp3) is 1.00. The molecule has 1 N–H and O–H groups in total. The van der Waals surface area contributed by atoms with Crippen LogP contribution in [0, 0.1) is 5.92 Å². The lowest BCUT2D eigenvalue weighted by Gasteiger charge is -2.44. The normalized spacial score (nSPS) is 28.9. The molecule has 0 aromatic carbocycles. The minimum Gasteiger partial charge on any atom is -0.374 e. The number of nitrogens with one attached hydrogen (secondary N) is 1. The van der Waals surface area contributed by atoms with Crippen LogP contribution in [0.25, 0.3) is 0 Å². The predicted octanol–water partition coefficient (Wildman–Crippen LogP) is 3.75. The summed E-state index contributed by atoms with van der Waals surface area (Å²) in [5, 5.41) is 3.74. The molecule has 0 radical (unpaired) electrons. The van der Waals surface area contributed by atoms with Crippen molar-refractivity contribution in [1.29, 1.82) is 0 Å². The maximum atomic E-state index is 6.13. The molecular formula is C15H31NO. The average Bonchev–Trinajstić information content (AvgIpc) is 2.30. The molecule has 2 nitrogen and oxygen atoms in total. The van der Waals surface area contributed by atoms with E-state index in [1.807, 2.05) is 0 Å². The first kappa shape index (κ1) is 15.0. The van der Waals surface area contributed by atoms with E-state index < -0.39 is 0 Å². The Morgan fingerprint density at radius 2 is 2.00 bits per heavy atom. The van der Waals surface area contributed by atoms with Crippen LogP contribution in [-0.2, 0) is 4.74 Å². The quantitative estimate of drug-likeness (QED) is 0.733. The van der Waals surface area contributed by atoms with Crippen molar-refractivity contribution >= 4 is 0 Å². The first-order valence-corrected chi connectivity index (χ1v) is 7.51. The van der Waals surface area contributed by atoms with Crippen molar-refractivity contribution in [3.8, 4) is 0 Å². The number of hydrogen-bond donors (Lipinski definition) is 1. The van der Waals surface area contributed by atoms with Gasteiger partial charge in [0.05, 0.1) is 5.60 Å². The zero-order valence-corrected chi connectivity index (χ0v) is 12.2. The third-order valence-corrected chi connectivity index (χ3v) is 4.08. The van der Waals surface area contributed by atoms with Crippen molar-refractivity contribution in [2.75, 3.05) is 13.2 Å². The van der Waals surface area contributed by atoms with Crippen LogP contribution in [0.15, 0.2) is 0 Å². The third-order valence-electron chi connectivity index (χ3n) is 4.08. The molecule has 0 bridgehead atoms. The molecule has 0 aromatic heterocycles. The molecule has 1 aliphatic rings. The highest BCUT2D eigenvalue weighted by Crippen LogP contribution is 2.32.